The number of nitrogens with one attached hydrogen (secondary N) is 1. The van der Waals surface area contributed by atoms with E-state index >= 15 is 0 Å². The summed E-state index contributed by atoms with van der Waals surface area (Å²) in [6.45, 7) is 27.8. The van der Waals surface area contributed by atoms with E-state index in [0.29, 0.717) is 23.3 Å². The van der Waals surface area contributed by atoms with Gasteiger partial charge in [-0.05, 0) is 86.0 Å². The third-order valence-corrected chi connectivity index (χ3v) is 11.8. The molecule has 1 N–H and O–H groups in total. The van der Waals surface area contributed by atoms with Gasteiger partial charge >= 0.3 is 10.2 Å². The van der Waals surface area contributed by atoms with Crippen LogP contribution < -0.4 is 4.72 Å². The fourth-order valence-corrected chi connectivity index (χ4v) is 8.77. The largest absolute Gasteiger partial charge is 0.389 e. The third-order valence-electron chi connectivity index (χ3n) is 6.55. The zero-order chi connectivity index (χ0) is 34.2. The quantitative estimate of drug-likeness (QED) is 0.157. The lowest BCUT2D eigenvalue weighted by atomic mass is 9.83. The Hall–Kier alpha value is -1.68. The lowest BCUT2D eigenvalue weighted by Crippen LogP contribution is -2.36. The second-order valence-electron chi connectivity index (χ2n) is 15.7. The molecule has 3 rings (SSSR count). The standard InChI is InChI=1S/C36H51NO4S4/c1-14-15-16-45(39,40)37-31-25(17-23-19-27(33(2,3)4)42-28(20-23)34(5,6)7)32(38)26(31)18-24-21-29(43-35(8,9)10)41-30(22-24)44-36(11,12)13/h17-22H,14-16H2,1-13H3/p+1/b26-18-. The Morgan fingerprint density at radius 3 is 1.73 bits per heavy atom. The smallest absolute Gasteiger partial charge is 0.288 e. The molecule has 0 spiro atoms. The molecule has 1 aromatic heterocycles. The van der Waals surface area contributed by atoms with Crippen molar-refractivity contribution in [3.63, 3.8) is 0 Å². The fraction of sp³-hybridized carbons (Fsp3) is 0.556. The topological polar surface area (TPSA) is 74.5 Å². The van der Waals surface area contributed by atoms with Crippen molar-refractivity contribution in [3.8, 4) is 0 Å². The van der Waals surface area contributed by atoms with Crippen LogP contribution in [-0.4, -0.2) is 29.4 Å². The summed E-state index contributed by atoms with van der Waals surface area (Å²) in [5, 5.41) is 1.48. The minimum absolute atomic E-state index is 0.0000700. The molecule has 9 heteroatoms. The Morgan fingerprint density at radius 2 is 1.31 bits per heavy atom. The number of carbonyl (C=O) groups is 1. The Kier molecular flexibility index (Phi) is 11.6. The third kappa shape index (κ3) is 11.2. The van der Waals surface area contributed by atoms with Crippen molar-refractivity contribution in [2.45, 2.75) is 123 Å². The fourth-order valence-electron chi connectivity index (χ4n) is 4.32. The summed E-state index contributed by atoms with van der Waals surface area (Å²) in [5.74, 6) is -0.179. The Labute approximate surface area is 285 Å². The lowest BCUT2D eigenvalue weighted by Gasteiger charge is -2.32. The van der Waals surface area contributed by atoms with Crippen molar-refractivity contribution in [2.75, 3.05) is 5.75 Å². The summed E-state index contributed by atoms with van der Waals surface area (Å²) < 4.78 is 35.2. The Balaban J connectivity index is 2.22. The lowest BCUT2D eigenvalue weighted by molar-refractivity contribution is -0.112. The molecule has 2 heterocycles. The maximum atomic E-state index is 13.8. The van der Waals surface area contributed by atoms with Gasteiger partial charge in [0.2, 0.25) is 10.0 Å². The van der Waals surface area contributed by atoms with Crippen LogP contribution in [0.2, 0.25) is 0 Å². The van der Waals surface area contributed by atoms with Crippen molar-refractivity contribution < 1.29 is 17.6 Å². The second kappa shape index (κ2) is 13.8. The maximum Gasteiger partial charge on any atom is 0.389 e. The molecule has 1 aliphatic heterocycles. The summed E-state index contributed by atoms with van der Waals surface area (Å²) >= 11 is 5.01. The molecular weight excluding hydrogens is 639 g/mol. The van der Waals surface area contributed by atoms with Gasteiger partial charge < -0.3 is 0 Å². The van der Waals surface area contributed by atoms with E-state index < -0.39 is 10.0 Å². The molecule has 0 saturated carbocycles. The number of ketones is 1. The van der Waals surface area contributed by atoms with Gasteiger partial charge in [0.1, 0.15) is 0 Å². The molecule has 0 unspecified atom stereocenters. The highest BCUT2D eigenvalue weighted by Crippen LogP contribution is 2.49. The normalized spacial score (nSPS) is 17.8. The van der Waals surface area contributed by atoms with Crippen LogP contribution in [-0.2, 0) is 14.8 Å². The number of hydrogen-bond donors (Lipinski definition) is 1. The number of carbonyl (C=O) groups excluding carboxylic acids is 1. The molecule has 0 saturated heterocycles. The highest BCUT2D eigenvalue weighted by atomic mass is 32.2. The van der Waals surface area contributed by atoms with E-state index in [0.717, 1.165) is 27.7 Å². The minimum Gasteiger partial charge on any atom is -0.288 e. The van der Waals surface area contributed by atoms with Crippen LogP contribution in [0.25, 0.3) is 6.08 Å². The van der Waals surface area contributed by atoms with Gasteiger partial charge in [0, 0.05) is 20.6 Å². The molecule has 5 nitrogen and oxygen atoms in total. The summed E-state index contributed by atoms with van der Waals surface area (Å²) in [7, 11) is -3.65. The van der Waals surface area contributed by atoms with Crippen LogP contribution in [0.5, 0.6) is 0 Å². The number of Topliss-reactive ketones (excluding diaryl/α,β-unsaturated/α-hetero) is 1. The highest BCUT2D eigenvalue weighted by Gasteiger charge is 2.36. The number of rotatable bonds is 9. The Bertz CT molecular complexity index is 1510. The van der Waals surface area contributed by atoms with Crippen LogP contribution >= 0.6 is 35.3 Å². The van der Waals surface area contributed by atoms with Crippen LogP contribution in [0.1, 0.15) is 108 Å². The van der Waals surface area contributed by atoms with Crippen molar-refractivity contribution in [1.29, 1.82) is 0 Å². The van der Waals surface area contributed by atoms with Crippen LogP contribution in [0.4, 0.5) is 0 Å². The molecule has 0 radical (unpaired) electrons. The molecule has 0 bridgehead atoms. The molecule has 0 atom stereocenters. The van der Waals surface area contributed by atoms with E-state index in [4.69, 9.17) is 4.42 Å². The van der Waals surface area contributed by atoms with Crippen LogP contribution in [0.15, 0.2) is 77.2 Å². The van der Waals surface area contributed by atoms with E-state index in [1.807, 2.05) is 25.1 Å². The van der Waals surface area contributed by atoms with Gasteiger partial charge in [0.15, 0.2) is 5.78 Å². The molecule has 2 aliphatic rings. The van der Waals surface area contributed by atoms with E-state index in [2.05, 4.69) is 100.0 Å². The molecule has 248 valence electrons. The highest BCUT2D eigenvalue weighted by molar-refractivity contribution is 8.06. The van der Waals surface area contributed by atoms with E-state index in [1.165, 1.54) is 9.81 Å². The summed E-state index contributed by atoms with van der Waals surface area (Å²) in [6.07, 6.45) is 9.18. The number of thioether (sulfide) groups is 3. The van der Waals surface area contributed by atoms with E-state index in [9.17, 15) is 13.2 Å². The number of hydrogen-bond acceptors (Lipinski definition) is 6. The van der Waals surface area contributed by atoms with Gasteiger partial charge in [0.25, 0.3) is 0 Å². The number of sulfonamides is 1. The van der Waals surface area contributed by atoms with Gasteiger partial charge in [-0.15, -0.1) is 0 Å². The summed E-state index contributed by atoms with van der Waals surface area (Å²) in [6, 6.07) is 3.86. The molecule has 0 fully saturated rings. The van der Waals surface area contributed by atoms with Crippen molar-refractivity contribution in [3.05, 3.63) is 68.2 Å². The molecule has 0 aromatic carbocycles. The maximum absolute atomic E-state index is 13.8. The molecule has 1 aromatic rings. The predicted molar refractivity (Wildman–Crippen MR) is 197 cm³/mol. The van der Waals surface area contributed by atoms with Gasteiger partial charge in [-0.3, -0.25) is 9.52 Å². The molecular formula is C36H52NO4S4+. The average molecular weight is 691 g/mol. The number of allylic oxidation sites excluding steroid dienone is 8. The van der Waals surface area contributed by atoms with Gasteiger partial charge in [-0.2, -0.15) is 4.42 Å². The summed E-state index contributed by atoms with van der Waals surface area (Å²) in [4.78, 5) is 16.3. The van der Waals surface area contributed by atoms with Crippen molar-refractivity contribution >= 4 is 57.2 Å². The van der Waals surface area contributed by atoms with Gasteiger partial charge in [-0.1, -0.05) is 108 Å². The predicted octanol–water partition coefficient (Wildman–Crippen LogP) is 10.8. The first kappa shape index (κ1) is 37.8. The van der Waals surface area contributed by atoms with Gasteiger partial charge in [-0.25, -0.2) is 8.42 Å². The monoisotopic (exact) mass is 690 g/mol. The summed E-state index contributed by atoms with van der Waals surface area (Å²) in [5.41, 5.74) is 2.62. The Morgan fingerprint density at radius 1 is 0.822 bits per heavy atom. The first-order chi connectivity index (χ1) is 20.4. The SMILES string of the molecule is CCCCS(=O)(=O)NC1=C(C=C2C=C(C(C)(C)C)SC(C(C)(C)C)=C2)C(=O)/C1=C\c1cc(SC(C)(C)C)[o+]c(SC(C)(C)C)c1. The van der Waals surface area contributed by atoms with E-state index in [1.54, 1.807) is 41.4 Å². The first-order valence-corrected chi connectivity index (χ1v) is 19.7. The molecule has 1 aliphatic carbocycles. The molecule has 0 amide bonds. The average Bonchev–Trinajstić information content (AvgIpc) is 2.85. The van der Waals surface area contributed by atoms with Crippen molar-refractivity contribution in [1.82, 2.24) is 4.72 Å². The van der Waals surface area contributed by atoms with Crippen molar-refractivity contribution in [2.24, 2.45) is 10.8 Å². The van der Waals surface area contributed by atoms with Crippen LogP contribution in [0.3, 0.4) is 0 Å². The molecule has 45 heavy (non-hydrogen) atoms. The zero-order valence-electron chi connectivity index (χ0n) is 29.4. The van der Waals surface area contributed by atoms with Gasteiger partial charge in [0.05, 0.1) is 23.6 Å². The number of unbranched alkanes of at least 4 members (excludes halogenated alkanes) is 1. The minimum atomic E-state index is -3.65. The van der Waals surface area contributed by atoms with Crippen LogP contribution in [0, 0.1) is 10.8 Å². The van der Waals surface area contributed by atoms with E-state index in [-0.39, 0.29) is 31.9 Å². The zero-order valence-corrected chi connectivity index (χ0v) is 32.6. The second-order valence-corrected chi connectivity index (χ2v) is 22.3. The first-order valence-electron chi connectivity index (χ1n) is 15.6.